The molecule has 12 aromatic rings. The van der Waals surface area contributed by atoms with Gasteiger partial charge in [-0.2, -0.15) is 10.2 Å². The molecule has 10 aromatic heterocycles. The van der Waals surface area contributed by atoms with Crippen LogP contribution in [0, 0.1) is 0 Å². The molecule has 2 aliphatic rings. The third-order valence-electron chi connectivity index (χ3n) is 16.4. The van der Waals surface area contributed by atoms with Gasteiger partial charge < -0.3 is 49.5 Å². The number of furan rings is 2. The number of ether oxygens (including phenoxy) is 2. The van der Waals surface area contributed by atoms with Crippen LogP contribution in [0.25, 0.3) is 66.4 Å². The number of fused-ring (bicyclic) bond motifs is 4. The van der Waals surface area contributed by atoms with E-state index in [9.17, 15) is 9.59 Å². The summed E-state index contributed by atoms with van der Waals surface area (Å²) in [5, 5.41) is 19.3. The fraction of sp³-hybridized carbons (Fsp3) is 0.258. The summed E-state index contributed by atoms with van der Waals surface area (Å²) in [4.78, 5) is 57.4. The van der Waals surface area contributed by atoms with Gasteiger partial charge in [0.15, 0.2) is 11.3 Å². The van der Waals surface area contributed by atoms with Gasteiger partial charge in [-0.1, -0.05) is 12.1 Å². The molecule has 0 saturated carbocycles. The van der Waals surface area contributed by atoms with Crippen LogP contribution in [-0.2, 0) is 27.2 Å². The SMILES string of the molecule is COc1cc(-c2nn(C3CCN(Cc4ccoc4)CC3)c3ncnc(N)c23)ccc1NC(=O)c1cc2ccncc2n1C.COc1cc(-c2nn(C3CCN(Cc4ccoc4)CC3)c3ncnc(N)c23)ccc1NC(=O)c1cc2cnccc2n1C. The number of nitrogens with zero attached hydrogens (tertiary/aromatic N) is 14. The second kappa shape index (κ2) is 23.3. The van der Waals surface area contributed by atoms with E-state index in [-0.39, 0.29) is 23.9 Å². The summed E-state index contributed by atoms with van der Waals surface area (Å²) in [6, 6.07) is 22.9. The minimum absolute atomic E-state index is 0.169. The zero-order chi connectivity index (χ0) is 59.0. The van der Waals surface area contributed by atoms with Gasteiger partial charge in [0.25, 0.3) is 11.8 Å². The average molecular weight is 1160 g/mol. The van der Waals surface area contributed by atoms with Crippen molar-refractivity contribution in [2.75, 3.05) is 62.5 Å². The number of amides is 2. The number of nitrogen functional groups attached to an aromatic ring is 2. The van der Waals surface area contributed by atoms with E-state index in [1.54, 1.807) is 64.1 Å². The van der Waals surface area contributed by atoms with Crippen molar-refractivity contribution < 1.29 is 27.9 Å². The Morgan fingerprint density at radius 3 is 1.52 bits per heavy atom. The van der Waals surface area contributed by atoms with Crippen LogP contribution in [0.2, 0.25) is 0 Å². The van der Waals surface area contributed by atoms with E-state index >= 15 is 0 Å². The van der Waals surface area contributed by atoms with Crippen molar-refractivity contribution in [1.82, 2.24) is 68.4 Å². The summed E-state index contributed by atoms with van der Waals surface area (Å²) in [5.41, 5.74) is 23.4. The Balaban J connectivity index is 0.000000160. The lowest BCUT2D eigenvalue weighted by molar-refractivity contribution is 0.101. The van der Waals surface area contributed by atoms with Crippen LogP contribution in [0.3, 0.4) is 0 Å². The molecule has 86 heavy (non-hydrogen) atoms. The molecule has 24 heteroatoms. The largest absolute Gasteiger partial charge is 0.495 e. The topological polar surface area (TPSA) is 284 Å². The fourth-order valence-electron chi connectivity index (χ4n) is 11.9. The highest BCUT2D eigenvalue weighted by Crippen LogP contribution is 2.40. The van der Waals surface area contributed by atoms with Gasteiger partial charge in [0, 0.05) is 105 Å². The van der Waals surface area contributed by atoms with E-state index in [1.807, 2.05) is 105 Å². The zero-order valence-electron chi connectivity index (χ0n) is 47.8. The molecule has 6 N–H and O–H groups in total. The maximum absolute atomic E-state index is 13.3. The molecule has 2 saturated heterocycles. The number of likely N-dealkylation sites (tertiary alicyclic amines) is 2. The number of hydrogen-bond acceptors (Lipinski definition) is 18. The van der Waals surface area contributed by atoms with Crippen LogP contribution in [-0.4, -0.2) is 121 Å². The monoisotopic (exact) mass is 1150 g/mol. The number of carbonyl (C=O) groups is 2. The molecule has 436 valence electrons. The Morgan fingerprint density at radius 2 is 1.06 bits per heavy atom. The van der Waals surface area contributed by atoms with Crippen LogP contribution in [0.15, 0.2) is 144 Å². The Bertz CT molecular complexity index is 4150. The minimum Gasteiger partial charge on any atom is -0.495 e. The van der Waals surface area contributed by atoms with Gasteiger partial charge in [0.05, 0.1) is 90.7 Å². The van der Waals surface area contributed by atoms with Gasteiger partial charge in [0.2, 0.25) is 0 Å². The Kier molecular flexibility index (Phi) is 14.8. The molecule has 2 aromatic carbocycles. The van der Waals surface area contributed by atoms with Gasteiger partial charge in [0.1, 0.15) is 58.6 Å². The highest BCUT2D eigenvalue weighted by molar-refractivity contribution is 6.09. The molecular weight excluding hydrogens is 1090 g/mol. The van der Waals surface area contributed by atoms with E-state index in [4.69, 9.17) is 40.0 Å². The lowest BCUT2D eigenvalue weighted by atomic mass is 10.0. The number of piperidine rings is 2. The average Bonchev–Trinajstić information content (AvgIpc) is 2.78. The number of benzene rings is 2. The number of anilines is 4. The number of nitrogens with one attached hydrogen (secondary N) is 2. The first-order valence-electron chi connectivity index (χ1n) is 28.2. The molecule has 12 heterocycles. The van der Waals surface area contributed by atoms with Crippen molar-refractivity contribution in [3.8, 4) is 34.0 Å². The summed E-state index contributed by atoms with van der Waals surface area (Å²) >= 11 is 0. The summed E-state index contributed by atoms with van der Waals surface area (Å²) in [5.74, 6) is 1.22. The van der Waals surface area contributed by atoms with Crippen molar-refractivity contribution in [3.63, 3.8) is 0 Å². The van der Waals surface area contributed by atoms with Crippen molar-refractivity contribution in [3.05, 3.63) is 158 Å². The van der Waals surface area contributed by atoms with Crippen molar-refractivity contribution in [1.29, 1.82) is 0 Å². The standard InChI is InChI=1S/2C31H31N9O3/c1-38-24(13-20-5-9-33-15-25(20)38)31(41)36-23-4-3-21(14-26(23)42-2)28-27-29(32)34-18-35-30(27)40(37-28)22-6-10-39(11-7-22)16-19-8-12-43-17-19;1-38-24-5-9-33-15-21(24)13-25(38)31(41)36-23-4-3-20(14-26(23)42-2)28-27-29(32)34-18-35-30(27)40(37-28)22-6-10-39(11-7-22)16-19-8-12-43-17-19/h2*3-5,8-9,12-15,17-18,22H,6-7,10-11,16H2,1-2H3,(H,36,41)(H2,32,34,35). The molecule has 0 aliphatic carbocycles. The molecule has 24 nitrogen and oxygen atoms in total. The molecule has 0 unspecified atom stereocenters. The number of carbonyl (C=O) groups excluding carboxylic acids is 2. The third kappa shape index (κ3) is 10.5. The van der Waals surface area contributed by atoms with Crippen LogP contribution >= 0.6 is 0 Å². The minimum atomic E-state index is -0.253. The van der Waals surface area contributed by atoms with E-state index in [0.717, 1.165) is 97.9 Å². The predicted octanol–water partition coefficient (Wildman–Crippen LogP) is 9.31. The first-order chi connectivity index (χ1) is 42.0. The number of aromatic nitrogens is 12. The molecular formula is C62H62N18O6. The number of methoxy groups -OCH3 is 2. The van der Waals surface area contributed by atoms with E-state index in [1.165, 1.54) is 23.8 Å². The summed E-state index contributed by atoms with van der Waals surface area (Å²) in [6.07, 6.45) is 20.6. The van der Waals surface area contributed by atoms with Crippen molar-refractivity contribution >= 4 is 78.7 Å². The summed E-state index contributed by atoms with van der Waals surface area (Å²) in [6.45, 7) is 5.46. The fourth-order valence-corrected chi connectivity index (χ4v) is 11.9. The molecule has 14 rings (SSSR count). The highest BCUT2D eigenvalue weighted by atomic mass is 16.5. The van der Waals surface area contributed by atoms with Crippen molar-refractivity contribution in [2.24, 2.45) is 14.1 Å². The first kappa shape index (κ1) is 54.8. The number of nitrogens with two attached hydrogens (primary N) is 2. The van der Waals surface area contributed by atoms with Gasteiger partial charge in [-0.15, -0.1) is 0 Å². The Morgan fingerprint density at radius 1 is 0.581 bits per heavy atom. The molecule has 0 radical (unpaired) electrons. The van der Waals surface area contributed by atoms with Gasteiger partial charge in [-0.05, 0) is 86.3 Å². The molecule has 0 bridgehead atoms. The molecule has 0 spiro atoms. The lowest BCUT2D eigenvalue weighted by Gasteiger charge is -2.31. The van der Waals surface area contributed by atoms with Crippen molar-refractivity contribution in [2.45, 2.75) is 50.9 Å². The zero-order valence-corrected chi connectivity index (χ0v) is 47.8. The maximum atomic E-state index is 13.3. The van der Waals surface area contributed by atoms with Crippen LogP contribution in [0.4, 0.5) is 23.0 Å². The highest BCUT2D eigenvalue weighted by Gasteiger charge is 2.29. The van der Waals surface area contributed by atoms with Crippen LogP contribution in [0.1, 0.15) is 69.9 Å². The van der Waals surface area contributed by atoms with E-state index in [2.05, 4.69) is 50.3 Å². The van der Waals surface area contributed by atoms with E-state index in [0.29, 0.717) is 79.4 Å². The lowest BCUT2D eigenvalue weighted by Crippen LogP contribution is -2.34. The Labute approximate surface area is 492 Å². The first-order valence-corrected chi connectivity index (χ1v) is 28.2. The number of hydrogen-bond donors (Lipinski definition) is 4. The normalized spacial score (nSPS) is 14.5. The quantitative estimate of drug-likeness (QED) is 0.0788. The molecule has 2 aliphatic heterocycles. The molecule has 2 fully saturated rings. The van der Waals surface area contributed by atoms with Gasteiger partial charge in [-0.25, -0.2) is 29.3 Å². The second-order valence-corrected chi connectivity index (χ2v) is 21.6. The van der Waals surface area contributed by atoms with Gasteiger partial charge in [-0.3, -0.25) is 29.4 Å². The van der Waals surface area contributed by atoms with E-state index < -0.39 is 0 Å². The predicted molar refractivity (Wildman–Crippen MR) is 325 cm³/mol. The number of pyridine rings is 2. The van der Waals surface area contributed by atoms with Crippen LogP contribution < -0.4 is 31.6 Å². The third-order valence-corrected chi connectivity index (χ3v) is 16.4. The number of aryl methyl sites for hydroxylation is 2. The maximum Gasteiger partial charge on any atom is 0.272 e. The Hall–Kier alpha value is -10.5. The smallest absolute Gasteiger partial charge is 0.272 e. The number of rotatable bonds is 14. The van der Waals surface area contributed by atoms with Crippen LogP contribution in [0.5, 0.6) is 11.5 Å². The summed E-state index contributed by atoms with van der Waals surface area (Å²) < 4.78 is 29.5. The summed E-state index contributed by atoms with van der Waals surface area (Å²) in [7, 11) is 6.84. The molecule has 0 atom stereocenters. The second-order valence-electron chi connectivity index (χ2n) is 21.6. The molecule has 2 amide bonds. The van der Waals surface area contributed by atoms with Gasteiger partial charge >= 0.3 is 0 Å².